The van der Waals surface area contributed by atoms with Gasteiger partial charge in [-0.2, -0.15) is 5.10 Å². The molecule has 0 atom stereocenters. The van der Waals surface area contributed by atoms with Crippen molar-refractivity contribution in [3.63, 3.8) is 0 Å². The highest BCUT2D eigenvalue weighted by Gasteiger charge is 2.14. The average molecular weight is 397 g/mol. The Morgan fingerprint density at radius 1 is 1.03 bits per heavy atom. The van der Waals surface area contributed by atoms with E-state index in [0.717, 1.165) is 38.8 Å². The lowest BCUT2D eigenvalue weighted by atomic mass is 10.1. The van der Waals surface area contributed by atoms with Crippen LogP contribution >= 0.6 is 0 Å². The predicted molar refractivity (Wildman–Crippen MR) is 116 cm³/mol. The minimum absolute atomic E-state index is 0.0482. The summed E-state index contributed by atoms with van der Waals surface area (Å²) in [6.07, 6.45) is 8.73. The van der Waals surface area contributed by atoms with Crippen LogP contribution in [-0.2, 0) is 4.79 Å². The van der Waals surface area contributed by atoms with Crippen LogP contribution in [0.2, 0.25) is 0 Å². The maximum Gasteiger partial charge on any atom is 0.226 e. The van der Waals surface area contributed by atoms with Crippen molar-refractivity contribution in [2.24, 2.45) is 5.92 Å². The van der Waals surface area contributed by atoms with Gasteiger partial charge in [-0.25, -0.2) is 4.98 Å². The van der Waals surface area contributed by atoms with Gasteiger partial charge in [0.2, 0.25) is 5.91 Å². The Hall–Kier alpha value is -4.07. The minimum atomic E-state index is -0.105. The molecule has 5 rings (SSSR count). The number of nitrogens with zero attached hydrogens (tertiary/aromatic N) is 4. The molecular formula is C22H19N7O. The van der Waals surface area contributed by atoms with Gasteiger partial charge < -0.3 is 10.3 Å². The van der Waals surface area contributed by atoms with E-state index < -0.39 is 0 Å². The van der Waals surface area contributed by atoms with Crippen LogP contribution in [0.3, 0.4) is 0 Å². The third kappa shape index (κ3) is 3.18. The first-order valence-corrected chi connectivity index (χ1v) is 9.62. The maximum absolute atomic E-state index is 12.0. The Bertz CT molecular complexity index is 1350. The Labute approximate surface area is 171 Å². The summed E-state index contributed by atoms with van der Waals surface area (Å²) in [5, 5.41) is 12.2. The average Bonchev–Trinajstić information content (AvgIpc) is 3.37. The van der Waals surface area contributed by atoms with Gasteiger partial charge in [0, 0.05) is 58.1 Å². The molecule has 0 aliphatic carbocycles. The SMILES string of the molecule is CC(C)C(=O)Nc1cncc(-c2cnc3[nH]nc(-c4cc5cnccc5[nH]4)c3c2)c1. The number of carbonyl (C=O) groups excluding carboxylic acids is 1. The van der Waals surface area contributed by atoms with Gasteiger partial charge in [-0.15, -0.1) is 0 Å². The number of hydrogen-bond acceptors (Lipinski definition) is 5. The molecule has 0 spiro atoms. The zero-order valence-corrected chi connectivity index (χ0v) is 16.5. The fourth-order valence-electron chi connectivity index (χ4n) is 3.32. The van der Waals surface area contributed by atoms with Gasteiger partial charge >= 0.3 is 0 Å². The normalized spacial score (nSPS) is 11.4. The maximum atomic E-state index is 12.0. The predicted octanol–water partition coefficient (Wildman–Crippen LogP) is 4.16. The van der Waals surface area contributed by atoms with E-state index in [0.29, 0.717) is 11.3 Å². The molecule has 148 valence electrons. The fourth-order valence-corrected chi connectivity index (χ4v) is 3.32. The number of aromatic nitrogens is 6. The van der Waals surface area contributed by atoms with Gasteiger partial charge in [0.05, 0.1) is 17.6 Å². The first kappa shape index (κ1) is 18.0. The van der Waals surface area contributed by atoms with Gasteiger partial charge in [0.15, 0.2) is 5.65 Å². The second-order valence-electron chi connectivity index (χ2n) is 7.44. The van der Waals surface area contributed by atoms with Crippen molar-refractivity contribution in [1.82, 2.24) is 30.1 Å². The summed E-state index contributed by atoms with van der Waals surface area (Å²) in [5.74, 6) is -0.153. The van der Waals surface area contributed by atoms with Crippen LogP contribution in [-0.4, -0.2) is 36.0 Å². The van der Waals surface area contributed by atoms with Crippen LogP contribution in [0.15, 0.2) is 55.2 Å². The topological polar surface area (TPSA) is 112 Å². The summed E-state index contributed by atoms with van der Waals surface area (Å²) in [6, 6.07) is 7.87. The molecule has 5 aromatic heterocycles. The quantitative estimate of drug-likeness (QED) is 0.422. The Morgan fingerprint density at radius 2 is 1.90 bits per heavy atom. The number of amides is 1. The van der Waals surface area contributed by atoms with Crippen molar-refractivity contribution >= 4 is 33.5 Å². The smallest absolute Gasteiger partial charge is 0.226 e. The molecule has 1 amide bonds. The lowest BCUT2D eigenvalue weighted by Gasteiger charge is -2.09. The van der Waals surface area contributed by atoms with Crippen LogP contribution in [0.4, 0.5) is 5.69 Å². The molecular weight excluding hydrogens is 378 g/mol. The molecule has 5 heterocycles. The monoisotopic (exact) mass is 397 g/mol. The zero-order valence-electron chi connectivity index (χ0n) is 16.5. The van der Waals surface area contributed by atoms with Gasteiger partial charge in [-0.3, -0.25) is 19.9 Å². The van der Waals surface area contributed by atoms with E-state index in [2.05, 4.69) is 35.5 Å². The van der Waals surface area contributed by atoms with Crippen molar-refractivity contribution in [1.29, 1.82) is 0 Å². The lowest BCUT2D eigenvalue weighted by Crippen LogP contribution is -2.17. The second-order valence-corrected chi connectivity index (χ2v) is 7.44. The molecule has 30 heavy (non-hydrogen) atoms. The molecule has 0 saturated carbocycles. The van der Waals surface area contributed by atoms with E-state index in [4.69, 9.17) is 0 Å². The third-order valence-electron chi connectivity index (χ3n) is 4.96. The summed E-state index contributed by atoms with van der Waals surface area (Å²) in [7, 11) is 0. The van der Waals surface area contributed by atoms with Crippen LogP contribution in [0.5, 0.6) is 0 Å². The van der Waals surface area contributed by atoms with Crippen molar-refractivity contribution in [3.05, 3.63) is 55.2 Å². The van der Waals surface area contributed by atoms with Gasteiger partial charge in [-0.1, -0.05) is 13.8 Å². The van der Waals surface area contributed by atoms with Gasteiger partial charge in [-0.05, 0) is 24.3 Å². The van der Waals surface area contributed by atoms with E-state index in [1.165, 1.54) is 0 Å². The molecule has 8 heteroatoms. The highest BCUT2D eigenvalue weighted by molar-refractivity contribution is 5.96. The molecule has 3 N–H and O–H groups in total. The number of nitrogens with one attached hydrogen (secondary N) is 3. The van der Waals surface area contributed by atoms with E-state index in [1.807, 2.05) is 44.3 Å². The summed E-state index contributed by atoms with van der Waals surface area (Å²) in [4.78, 5) is 28.3. The van der Waals surface area contributed by atoms with Crippen LogP contribution in [0, 0.1) is 5.92 Å². The number of carbonyl (C=O) groups is 1. The molecule has 0 aromatic carbocycles. The molecule has 0 fully saturated rings. The Morgan fingerprint density at radius 3 is 2.73 bits per heavy atom. The molecule has 0 saturated heterocycles. The third-order valence-corrected chi connectivity index (χ3v) is 4.96. The summed E-state index contributed by atoms with van der Waals surface area (Å²) < 4.78 is 0. The Kier molecular flexibility index (Phi) is 4.24. The summed E-state index contributed by atoms with van der Waals surface area (Å²) >= 11 is 0. The number of aromatic amines is 2. The number of H-pyrrole nitrogens is 2. The summed E-state index contributed by atoms with van der Waals surface area (Å²) in [5.41, 5.74) is 5.77. The molecule has 0 bridgehead atoms. The van der Waals surface area contributed by atoms with Gasteiger partial charge in [0.1, 0.15) is 5.69 Å². The zero-order chi connectivity index (χ0) is 20.7. The molecule has 5 aromatic rings. The largest absolute Gasteiger partial charge is 0.353 e. The van der Waals surface area contributed by atoms with Gasteiger partial charge in [0.25, 0.3) is 0 Å². The number of anilines is 1. The molecule has 0 aliphatic heterocycles. The van der Waals surface area contributed by atoms with Crippen LogP contribution < -0.4 is 5.32 Å². The highest BCUT2D eigenvalue weighted by Crippen LogP contribution is 2.31. The van der Waals surface area contributed by atoms with Crippen LogP contribution in [0.1, 0.15) is 13.8 Å². The summed E-state index contributed by atoms with van der Waals surface area (Å²) in [6.45, 7) is 3.70. The fraction of sp³-hybridized carbons (Fsp3) is 0.136. The molecule has 0 radical (unpaired) electrons. The molecule has 0 aliphatic rings. The highest BCUT2D eigenvalue weighted by atomic mass is 16.1. The minimum Gasteiger partial charge on any atom is -0.353 e. The van der Waals surface area contributed by atoms with E-state index in [1.54, 1.807) is 24.8 Å². The molecule has 0 unspecified atom stereocenters. The number of rotatable bonds is 4. The van der Waals surface area contributed by atoms with E-state index >= 15 is 0 Å². The van der Waals surface area contributed by atoms with Crippen LogP contribution in [0.25, 0.3) is 44.5 Å². The standard InChI is InChI=1S/C22H19N7O/c1-12(2)22(30)26-16-5-13(8-24-11-16)14-6-17-20(28-29-21(17)25-10-14)19-7-15-9-23-4-3-18(15)27-19/h3-12,27H,1-2H3,(H,26,30)(H,25,28,29). The second kappa shape index (κ2) is 7.07. The Balaban J connectivity index is 1.55. The molecule has 8 nitrogen and oxygen atoms in total. The van der Waals surface area contributed by atoms with E-state index in [9.17, 15) is 4.79 Å². The number of pyridine rings is 3. The van der Waals surface area contributed by atoms with Crippen molar-refractivity contribution in [2.45, 2.75) is 13.8 Å². The number of hydrogen-bond donors (Lipinski definition) is 3. The van der Waals surface area contributed by atoms with Crippen molar-refractivity contribution in [3.8, 4) is 22.5 Å². The van der Waals surface area contributed by atoms with Crippen molar-refractivity contribution in [2.75, 3.05) is 5.32 Å². The lowest BCUT2D eigenvalue weighted by molar-refractivity contribution is -0.118. The van der Waals surface area contributed by atoms with E-state index in [-0.39, 0.29) is 11.8 Å². The first-order valence-electron chi connectivity index (χ1n) is 9.62. The first-order chi connectivity index (χ1) is 14.6. The number of fused-ring (bicyclic) bond motifs is 2. The van der Waals surface area contributed by atoms with Crippen molar-refractivity contribution < 1.29 is 4.79 Å².